The quantitative estimate of drug-likeness (QED) is 0.758. The third kappa shape index (κ3) is 3.05. The zero-order chi connectivity index (χ0) is 12.4. The van der Waals surface area contributed by atoms with Crippen LogP contribution < -0.4 is 5.32 Å². The fourth-order valence-corrected chi connectivity index (χ4v) is 3.51. The highest BCUT2D eigenvalue weighted by Crippen LogP contribution is 2.18. The van der Waals surface area contributed by atoms with Crippen molar-refractivity contribution in [2.24, 2.45) is 5.92 Å². The van der Waals surface area contributed by atoms with Crippen molar-refractivity contribution in [3.8, 4) is 0 Å². The molecule has 3 fully saturated rings. The molecule has 0 aliphatic carbocycles. The molecule has 0 aromatic carbocycles. The molecule has 18 heavy (non-hydrogen) atoms. The maximum absolute atomic E-state index is 3.37. The van der Waals surface area contributed by atoms with Crippen molar-refractivity contribution in [2.75, 3.05) is 66.0 Å². The van der Waals surface area contributed by atoms with E-state index in [4.69, 9.17) is 0 Å². The molecule has 3 rings (SSSR count). The first kappa shape index (κ1) is 12.9. The van der Waals surface area contributed by atoms with E-state index in [1.807, 2.05) is 0 Å². The van der Waals surface area contributed by atoms with Gasteiger partial charge >= 0.3 is 0 Å². The third-order valence-electron chi connectivity index (χ3n) is 4.99. The average molecular weight is 252 g/mol. The lowest BCUT2D eigenvalue weighted by molar-refractivity contribution is 0.0543. The van der Waals surface area contributed by atoms with E-state index in [1.54, 1.807) is 0 Å². The molecule has 4 nitrogen and oxygen atoms in total. The van der Waals surface area contributed by atoms with Crippen LogP contribution >= 0.6 is 0 Å². The lowest BCUT2D eigenvalue weighted by atomic mass is 10.0. The molecule has 0 unspecified atom stereocenters. The number of hydrogen-bond donors (Lipinski definition) is 1. The largest absolute Gasteiger partial charge is 0.316 e. The summed E-state index contributed by atoms with van der Waals surface area (Å²) in [5.41, 5.74) is 0. The molecular formula is C14H28N4. The first-order valence-corrected chi connectivity index (χ1v) is 7.67. The van der Waals surface area contributed by atoms with E-state index >= 15 is 0 Å². The molecule has 0 aromatic rings. The van der Waals surface area contributed by atoms with Crippen LogP contribution in [0, 0.1) is 5.92 Å². The van der Waals surface area contributed by atoms with Gasteiger partial charge in [0.25, 0.3) is 0 Å². The van der Waals surface area contributed by atoms with E-state index in [1.165, 1.54) is 71.7 Å². The maximum Gasteiger partial charge on any atom is 0.0121 e. The lowest BCUT2D eigenvalue weighted by Gasteiger charge is -2.43. The number of hydrogen-bond acceptors (Lipinski definition) is 4. The molecule has 0 bridgehead atoms. The van der Waals surface area contributed by atoms with Gasteiger partial charge in [-0.3, -0.25) is 4.90 Å². The summed E-state index contributed by atoms with van der Waals surface area (Å²) in [6, 6.07) is 0.869. The predicted molar refractivity (Wildman–Crippen MR) is 74.9 cm³/mol. The second-order valence-electron chi connectivity index (χ2n) is 6.40. The Balaban J connectivity index is 1.39. The molecule has 3 saturated heterocycles. The zero-order valence-corrected chi connectivity index (χ0v) is 11.8. The van der Waals surface area contributed by atoms with Crippen LogP contribution in [0.5, 0.6) is 0 Å². The highest BCUT2D eigenvalue weighted by molar-refractivity contribution is 4.85. The van der Waals surface area contributed by atoms with Crippen molar-refractivity contribution >= 4 is 0 Å². The topological polar surface area (TPSA) is 21.8 Å². The average Bonchev–Trinajstić information content (AvgIpc) is 2.36. The van der Waals surface area contributed by atoms with Crippen molar-refractivity contribution in [3.63, 3.8) is 0 Å². The van der Waals surface area contributed by atoms with Crippen LogP contribution in [0.1, 0.15) is 12.8 Å². The molecule has 0 atom stereocenters. The number of piperazine rings is 1. The summed E-state index contributed by atoms with van der Waals surface area (Å²) >= 11 is 0. The molecule has 0 spiro atoms. The lowest BCUT2D eigenvalue weighted by Crippen LogP contribution is -2.56. The fourth-order valence-electron chi connectivity index (χ4n) is 3.51. The monoisotopic (exact) mass is 252 g/mol. The first-order valence-electron chi connectivity index (χ1n) is 7.67. The molecule has 0 saturated carbocycles. The Labute approximate surface area is 111 Å². The van der Waals surface area contributed by atoms with Crippen LogP contribution in [-0.2, 0) is 0 Å². The van der Waals surface area contributed by atoms with Crippen molar-refractivity contribution in [1.82, 2.24) is 20.0 Å². The minimum atomic E-state index is 0.869. The van der Waals surface area contributed by atoms with Gasteiger partial charge in [0.2, 0.25) is 0 Å². The van der Waals surface area contributed by atoms with Gasteiger partial charge in [0.1, 0.15) is 0 Å². The number of nitrogens with zero attached hydrogens (tertiary/aromatic N) is 3. The molecule has 4 heteroatoms. The van der Waals surface area contributed by atoms with Crippen molar-refractivity contribution in [3.05, 3.63) is 0 Å². The predicted octanol–water partition coefficient (Wildman–Crippen LogP) is -0.0824. The normalized spacial score (nSPS) is 30.5. The number of piperidine rings is 1. The smallest absolute Gasteiger partial charge is 0.0121 e. The van der Waals surface area contributed by atoms with E-state index in [-0.39, 0.29) is 0 Å². The van der Waals surface area contributed by atoms with Crippen LogP contribution in [0.15, 0.2) is 0 Å². The van der Waals surface area contributed by atoms with Gasteiger partial charge in [0.05, 0.1) is 0 Å². The summed E-state index contributed by atoms with van der Waals surface area (Å²) in [6.07, 6.45) is 2.76. The zero-order valence-electron chi connectivity index (χ0n) is 11.8. The number of rotatable bonds is 3. The summed E-state index contributed by atoms with van der Waals surface area (Å²) in [5, 5.41) is 3.37. The van der Waals surface area contributed by atoms with Gasteiger partial charge in [-0.2, -0.15) is 0 Å². The van der Waals surface area contributed by atoms with Crippen molar-refractivity contribution in [2.45, 2.75) is 18.9 Å². The van der Waals surface area contributed by atoms with Gasteiger partial charge in [-0.25, -0.2) is 0 Å². The Morgan fingerprint density at radius 2 is 1.61 bits per heavy atom. The second-order valence-corrected chi connectivity index (χ2v) is 6.40. The van der Waals surface area contributed by atoms with E-state index in [0.29, 0.717) is 0 Å². The Morgan fingerprint density at radius 1 is 0.944 bits per heavy atom. The van der Waals surface area contributed by atoms with E-state index in [0.717, 1.165) is 12.0 Å². The molecule has 1 N–H and O–H groups in total. The van der Waals surface area contributed by atoms with Gasteiger partial charge in [-0.05, 0) is 38.9 Å². The third-order valence-corrected chi connectivity index (χ3v) is 4.99. The molecule has 3 aliphatic heterocycles. The fraction of sp³-hybridized carbons (Fsp3) is 1.00. The van der Waals surface area contributed by atoms with Crippen LogP contribution in [0.4, 0.5) is 0 Å². The summed E-state index contributed by atoms with van der Waals surface area (Å²) < 4.78 is 0. The Morgan fingerprint density at radius 3 is 2.17 bits per heavy atom. The van der Waals surface area contributed by atoms with Crippen molar-refractivity contribution in [1.29, 1.82) is 0 Å². The summed E-state index contributed by atoms with van der Waals surface area (Å²) in [6.45, 7) is 11.6. The number of nitrogens with one attached hydrogen (secondary N) is 1. The van der Waals surface area contributed by atoms with E-state index in [9.17, 15) is 0 Å². The van der Waals surface area contributed by atoms with Crippen LogP contribution in [0.2, 0.25) is 0 Å². The molecule has 0 radical (unpaired) electrons. The molecule has 3 heterocycles. The van der Waals surface area contributed by atoms with Gasteiger partial charge in [-0.15, -0.1) is 0 Å². The van der Waals surface area contributed by atoms with Crippen molar-refractivity contribution < 1.29 is 0 Å². The van der Waals surface area contributed by atoms with Gasteiger partial charge < -0.3 is 15.1 Å². The molecule has 104 valence electrons. The maximum atomic E-state index is 3.37. The summed E-state index contributed by atoms with van der Waals surface area (Å²) in [5.74, 6) is 0.930. The SMILES string of the molecule is CN1CCC(N2CCN(CC3CNC3)CC2)CC1. The minimum Gasteiger partial charge on any atom is -0.316 e. The highest BCUT2D eigenvalue weighted by atomic mass is 15.3. The Bertz CT molecular complexity index is 251. The van der Waals surface area contributed by atoms with E-state index in [2.05, 4.69) is 27.1 Å². The minimum absolute atomic E-state index is 0.869. The Hall–Kier alpha value is -0.160. The van der Waals surface area contributed by atoms with Crippen LogP contribution in [-0.4, -0.2) is 86.7 Å². The molecule has 0 aromatic heterocycles. The molecule has 0 amide bonds. The summed E-state index contributed by atoms with van der Waals surface area (Å²) in [4.78, 5) is 7.90. The Kier molecular flexibility index (Phi) is 4.19. The van der Waals surface area contributed by atoms with E-state index < -0.39 is 0 Å². The summed E-state index contributed by atoms with van der Waals surface area (Å²) in [7, 11) is 2.25. The molecular weight excluding hydrogens is 224 g/mol. The van der Waals surface area contributed by atoms with Gasteiger partial charge in [-0.1, -0.05) is 0 Å². The molecule has 3 aliphatic rings. The van der Waals surface area contributed by atoms with Crippen LogP contribution in [0.3, 0.4) is 0 Å². The standard InChI is InChI=1S/C14H28N4/c1-16-4-2-14(3-5-16)18-8-6-17(7-9-18)12-13-10-15-11-13/h13-15H,2-12H2,1H3. The van der Waals surface area contributed by atoms with Gasteiger partial charge in [0.15, 0.2) is 0 Å². The van der Waals surface area contributed by atoms with Crippen LogP contribution in [0.25, 0.3) is 0 Å². The number of likely N-dealkylation sites (tertiary alicyclic amines) is 1. The van der Waals surface area contributed by atoms with Gasteiger partial charge in [0, 0.05) is 51.9 Å². The highest BCUT2D eigenvalue weighted by Gasteiger charge is 2.28. The first-order chi connectivity index (χ1) is 8.81. The second kappa shape index (κ2) is 5.87.